The van der Waals surface area contributed by atoms with Crippen molar-refractivity contribution < 1.29 is 22.7 Å². The fourth-order valence-electron chi connectivity index (χ4n) is 3.48. The summed E-state index contributed by atoms with van der Waals surface area (Å²) in [6, 6.07) is 10.7. The molecule has 7 heteroatoms. The maximum Gasteiger partial charge on any atom is 0.416 e. The predicted molar refractivity (Wildman–Crippen MR) is 106 cm³/mol. The molecular weight excluding hydrogens is 381 g/mol. The highest BCUT2D eigenvalue weighted by atomic mass is 19.4. The number of hydrogen-bond acceptors (Lipinski definition) is 3. The first-order valence-electron chi connectivity index (χ1n) is 9.47. The van der Waals surface area contributed by atoms with E-state index < -0.39 is 23.4 Å². The molecule has 0 bridgehead atoms. The van der Waals surface area contributed by atoms with Crippen LogP contribution in [0.3, 0.4) is 0 Å². The summed E-state index contributed by atoms with van der Waals surface area (Å²) in [6.45, 7) is 7.80. The molecule has 1 amide bonds. The number of carbonyl (C=O) groups excluding carboxylic acids is 1. The van der Waals surface area contributed by atoms with Gasteiger partial charge in [0.25, 0.3) is 0 Å². The van der Waals surface area contributed by atoms with Crippen LogP contribution in [0, 0.1) is 6.92 Å². The Morgan fingerprint density at radius 1 is 1.10 bits per heavy atom. The van der Waals surface area contributed by atoms with Gasteiger partial charge in [-0.1, -0.05) is 12.1 Å². The quantitative estimate of drug-likeness (QED) is 0.706. The van der Waals surface area contributed by atoms with Crippen LogP contribution in [0.15, 0.2) is 42.5 Å². The number of amides is 1. The third-order valence-electron chi connectivity index (χ3n) is 4.76. The number of carbonyl (C=O) groups is 1. The van der Waals surface area contributed by atoms with Crippen LogP contribution in [0.5, 0.6) is 0 Å². The first-order chi connectivity index (χ1) is 13.4. The van der Waals surface area contributed by atoms with Gasteiger partial charge in [0, 0.05) is 17.9 Å². The van der Waals surface area contributed by atoms with E-state index in [0.717, 1.165) is 28.9 Å². The number of alkyl carbamates (subject to hydrolysis) is 1. The lowest BCUT2D eigenvalue weighted by molar-refractivity contribution is -0.137. The number of nitrogens with zero attached hydrogens (tertiary/aromatic N) is 1. The van der Waals surface area contributed by atoms with Crippen LogP contribution in [0.25, 0.3) is 0 Å². The van der Waals surface area contributed by atoms with Crippen LogP contribution >= 0.6 is 0 Å². The van der Waals surface area contributed by atoms with E-state index >= 15 is 0 Å². The molecule has 1 unspecified atom stereocenters. The van der Waals surface area contributed by atoms with Crippen molar-refractivity contribution in [3.63, 3.8) is 0 Å². The number of alkyl halides is 3. The van der Waals surface area contributed by atoms with Crippen LogP contribution < -0.4 is 10.2 Å². The zero-order chi connectivity index (χ0) is 21.4. The average molecular weight is 406 g/mol. The van der Waals surface area contributed by atoms with Crippen molar-refractivity contribution in [1.29, 1.82) is 0 Å². The van der Waals surface area contributed by atoms with Crippen LogP contribution in [0.1, 0.15) is 37.5 Å². The van der Waals surface area contributed by atoms with Crippen molar-refractivity contribution in [2.24, 2.45) is 0 Å². The van der Waals surface area contributed by atoms with Crippen molar-refractivity contribution in [2.75, 3.05) is 11.4 Å². The first kappa shape index (κ1) is 21.0. The number of benzene rings is 2. The van der Waals surface area contributed by atoms with Gasteiger partial charge in [-0.2, -0.15) is 13.2 Å². The molecule has 156 valence electrons. The zero-order valence-electron chi connectivity index (χ0n) is 16.9. The minimum Gasteiger partial charge on any atom is -0.444 e. The second-order valence-electron chi connectivity index (χ2n) is 8.28. The van der Waals surface area contributed by atoms with Crippen molar-refractivity contribution in [3.8, 4) is 0 Å². The van der Waals surface area contributed by atoms with Gasteiger partial charge in [-0.15, -0.1) is 0 Å². The Bertz CT molecular complexity index is 886. The number of ether oxygens (including phenoxy) is 1. The molecule has 0 radical (unpaired) electrons. The molecule has 1 atom stereocenters. The Hall–Kier alpha value is -2.70. The number of aryl methyl sites for hydroxylation is 1. The van der Waals surface area contributed by atoms with Gasteiger partial charge in [0.2, 0.25) is 0 Å². The second kappa shape index (κ2) is 7.61. The molecule has 2 aromatic rings. The molecule has 0 saturated heterocycles. The molecule has 1 aliphatic heterocycles. The first-order valence-corrected chi connectivity index (χ1v) is 9.47. The van der Waals surface area contributed by atoms with Crippen LogP contribution in [-0.2, 0) is 17.3 Å². The van der Waals surface area contributed by atoms with Gasteiger partial charge in [0.15, 0.2) is 0 Å². The lowest BCUT2D eigenvalue weighted by Gasteiger charge is -2.37. The summed E-state index contributed by atoms with van der Waals surface area (Å²) in [5, 5.41) is 2.90. The molecule has 0 aliphatic carbocycles. The highest BCUT2D eigenvalue weighted by molar-refractivity contribution is 5.72. The zero-order valence-corrected chi connectivity index (χ0v) is 16.9. The summed E-state index contributed by atoms with van der Waals surface area (Å²) in [4.78, 5) is 14.2. The highest BCUT2D eigenvalue weighted by Gasteiger charge is 2.32. The summed E-state index contributed by atoms with van der Waals surface area (Å²) < 4.78 is 44.1. The van der Waals surface area contributed by atoms with Gasteiger partial charge >= 0.3 is 12.3 Å². The number of hydrogen-bond donors (Lipinski definition) is 1. The Labute approximate surface area is 168 Å². The van der Waals surface area contributed by atoms with E-state index in [4.69, 9.17) is 4.74 Å². The minimum atomic E-state index is -4.38. The summed E-state index contributed by atoms with van der Waals surface area (Å²) in [5.41, 5.74) is 2.40. The molecule has 1 aliphatic rings. The lowest BCUT2D eigenvalue weighted by Crippen LogP contribution is -2.48. The van der Waals surface area contributed by atoms with E-state index in [1.807, 2.05) is 30.0 Å². The predicted octanol–water partition coefficient (Wildman–Crippen LogP) is 5.60. The third-order valence-corrected chi connectivity index (χ3v) is 4.76. The van der Waals surface area contributed by atoms with E-state index in [1.165, 1.54) is 12.1 Å². The Morgan fingerprint density at radius 3 is 2.34 bits per heavy atom. The monoisotopic (exact) mass is 406 g/mol. The van der Waals surface area contributed by atoms with Crippen LogP contribution in [-0.4, -0.2) is 24.3 Å². The molecule has 0 fully saturated rings. The largest absolute Gasteiger partial charge is 0.444 e. The van der Waals surface area contributed by atoms with Crippen LogP contribution in [0.2, 0.25) is 0 Å². The molecule has 1 heterocycles. The normalized spacial score (nSPS) is 16.9. The van der Waals surface area contributed by atoms with Gasteiger partial charge < -0.3 is 15.0 Å². The maximum atomic E-state index is 12.9. The standard InChI is InChI=1S/C22H25F3N2O2/c1-14-6-5-7-19-18(14)12-16(26-20(28)29-21(2,3)4)13-27(19)17-10-8-15(9-11-17)22(23,24)25/h5-11,16H,12-13H2,1-4H3,(H,26,28). The molecule has 3 rings (SSSR count). The summed E-state index contributed by atoms with van der Waals surface area (Å²) >= 11 is 0. The van der Waals surface area contributed by atoms with Gasteiger partial charge in [0.05, 0.1) is 11.6 Å². The lowest BCUT2D eigenvalue weighted by atomic mass is 9.93. The van der Waals surface area contributed by atoms with E-state index in [2.05, 4.69) is 5.32 Å². The molecule has 1 N–H and O–H groups in total. The van der Waals surface area contributed by atoms with E-state index in [1.54, 1.807) is 20.8 Å². The fourth-order valence-corrected chi connectivity index (χ4v) is 3.48. The smallest absolute Gasteiger partial charge is 0.416 e. The number of halogens is 3. The molecule has 2 aromatic carbocycles. The van der Waals surface area contributed by atoms with E-state index in [9.17, 15) is 18.0 Å². The second-order valence-corrected chi connectivity index (χ2v) is 8.28. The van der Waals surface area contributed by atoms with Crippen molar-refractivity contribution in [3.05, 3.63) is 59.2 Å². The number of rotatable bonds is 2. The Morgan fingerprint density at radius 2 is 1.76 bits per heavy atom. The topological polar surface area (TPSA) is 41.6 Å². The third kappa shape index (κ3) is 5.02. The minimum absolute atomic E-state index is 0.235. The van der Waals surface area contributed by atoms with Gasteiger partial charge in [-0.05, 0) is 75.6 Å². The number of anilines is 2. The molecular formula is C22H25F3N2O2. The van der Waals surface area contributed by atoms with Gasteiger partial charge in [-0.3, -0.25) is 0 Å². The Balaban J connectivity index is 1.90. The maximum absolute atomic E-state index is 12.9. The average Bonchev–Trinajstić information content (AvgIpc) is 2.59. The number of fused-ring (bicyclic) bond motifs is 1. The van der Waals surface area contributed by atoms with E-state index in [-0.39, 0.29) is 6.04 Å². The summed E-state index contributed by atoms with van der Waals surface area (Å²) in [7, 11) is 0. The molecule has 0 aromatic heterocycles. The summed E-state index contributed by atoms with van der Waals surface area (Å²) in [5.74, 6) is 0. The van der Waals surface area contributed by atoms with Crippen molar-refractivity contribution in [1.82, 2.24) is 5.32 Å². The molecule has 0 spiro atoms. The number of nitrogens with one attached hydrogen (secondary N) is 1. The SMILES string of the molecule is Cc1cccc2c1CC(NC(=O)OC(C)(C)C)CN2c1ccc(C(F)(F)F)cc1. The Kier molecular flexibility index (Phi) is 5.52. The van der Waals surface area contributed by atoms with E-state index in [0.29, 0.717) is 18.7 Å². The molecule has 4 nitrogen and oxygen atoms in total. The van der Waals surface area contributed by atoms with Gasteiger partial charge in [-0.25, -0.2) is 4.79 Å². The molecule has 0 saturated carbocycles. The van der Waals surface area contributed by atoms with Gasteiger partial charge in [0.1, 0.15) is 5.60 Å². The highest BCUT2D eigenvalue weighted by Crippen LogP contribution is 2.37. The van der Waals surface area contributed by atoms with Crippen molar-refractivity contribution >= 4 is 17.5 Å². The van der Waals surface area contributed by atoms with Crippen molar-refractivity contribution in [2.45, 2.75) is 51.9 Å². The molecule has 29 heavy (non-hydrogen) atoms. The fraction of sp³-hybridized carbons (Fsp3) is 0.409. The summed E-state index contributed by atoms with van der Waals surface area (Å²) in [6.07, 6.45) is -4.26. The van der Waals surface area contributed by atoms with Crippen LogP contribution in [0.4, 0.5) is 29.3 Å².